The van der Waals surface area contributed by atoms with Gasteiger partial charge in [-0.15, -0.1) is 0 Å². The molecule has 4 nitrogen and oxygen atoms in total. The highest BCUT2D eigenvalue weighted by Gasteiger charge is 2.43. The third kappa shape index (κ3) is 4.31. The summed E-state index contributed by atoms with van der Waals surface area (Å²) < 4.78 is 0. The highest BCUT2D eigenvalue weighted by atomic mass is 16.3. The number of likely N-dealkylation sites (tertiary alicyclic amines) is 1. The van der Waals surface area contributed by atoms with Crippen molar-refractivity contribution in [2.24, 2.45) is 11.3 Å². The van der Waals surface area contributed by atoms with E-state index in [4.69, 9.17) is 0 Å². The largest absolute Gasteiger partial charge is 0.396 e. The van der Waals surface area contributed by atoms with Crippen molar-refractivity contribution < 1.29 is 9.90 Å². The molecule has 1 aliphatic rings. The first-order valence-corrected chi connectivity index (χ1v) is 8.21. The van der Waals surface area contributed by atoms with Crippen LogP contribution < -0.4 is 5.32 Å². The van der Waals surface area contributed by atoms with Gasteiger partial charge in [0, 0.05) is 26.2 Å². The van der Waals surface area contributed by atoms with Gasteiger partial charge in [0.1, 0.15) is 0 Å². The molecule has 1 aromatic carbocycles. The van der Waals surface area contributed by atoms with Crippen molar-refractivity contribution in [2.75, 3.05) is 26.2 Å². The molecule has 4 heteroatoms. The lowest BCUT2D eigenvalue weighted by atomic mass is 9.82. The van der Waals surface area contributed by atoms with Crippen LogP contribution in [0.3, 0.4) is 0 Å². The zero-order valence-electron chi connectivity index (χ0n) is 13.7. The number of benzene rings is 1. The van der Waals surface area contributed by atoms with Gasteiger partial charge in [-0.1, -0.05) is 44.2 Å². The van der Waals surface area contributed by atoms with Crippen LogP contribution in [0.1, 0.15) is 32.3 Å². The van der Waals surface area contributed by atoms with E-state index >= 15 is 0 Å². The van der Waals surface area contributed by atoms with E-state index in [0.29, 0.717) is 18.9 Å². The van der Waals surface area contributed by atoms with Crippen molar-refractivity contribution in [1.82, 2.24) is 10.2 Å². The molecule has 1 aliphatic heterocycles. The van der Waals surface area contributed by atoms with E-state index in [-0.39, 0.29) is 12.5 Å². The summed E-state index contributed by atoms with van der Waals surface area (Å²) in [7, 11) is 0. The molecule has 22 heavy (non-hydrogen) atoms. The number of hydrogen-bond donors (Lipinski definition) is 2. The summed E-state index contributed by atoms with van der Waals surface area (Å²) in [6.07, 6.45) is 1.37. The molecule has 0 aromatic heterocycles. The highest BCUT2D eigenvalue weighted by molar-refractivity contribution is 5.83. The van der Waals surface area contributed by atoms with Crippen molar-refractivity contribution >= 4 is 5.91 Å². The fraction of sp³-hybridized carbons (Fsp3) is 0.611. The predicted octanol–water partition coefficient (Wildman–Crippen LogP) is 2.03. The van der Waals surface area contributed by atoms with E-state index in [2.05, 4.69) is 36.2 Å². The Kier molecular flexibility index (Phi) is 5.98. The van der Waals surface area contributed by atoms with Crippen molar-refractivity contribution in [2.45, 2.75) is 33.2 Å². The van der Waals surface area contributed by atoms with E-state index < -0.39 is 5.41 Å². The third-order valence-corrected chi connectivity index (χ3v) is 4.42. The maximum Gasteiger partial charge on any atom is 0.227 e. The molecule has 2 rings (SSSR count). The number of aliphatic hydroxyl groups excluding tert-OH is 1. The van der Waals surface area contributed by atoms with Gasteiger partial charge in [-0.25, -0.2) is 0 Å². The maximum absolute atomic E-state index is 12.6. The summed E-state index contributed by atoms with van der Waals surface area (Å²) >= 11 is 0. The number of amides is 1. The minimum Gasteiger partial charge on any atom is -0.396 e. The molecule has 0 saturated carbocycles. The predicted molar refractivity (Wildman–Crippen MR) is 88.3 cm³/mol. The van der Waals surface area contributed by atoms with Crippen LogP contribution in [0, 0.1) is 11.3 Å². The lowest BCUT2D eigenvalue weighted by Crippen LogP contribution is -2.44. The Bertz CT molecular complexity index is 475. The standard InChI is InChI=1S/C18H28N2O2/c1-15(2)12-19-17(22)18(9-11-21)8-10-20(14-18)13-16-6-4-3-5-7-16/h3-7,15,21H,8-14H2,1-2H3,(H,19,22). The number of aliphatic hydroxyl groups is 1. The molecule has 1 unspecified atom stereocenters. The average molecular weight is 304 g/mol. The molecule has 122 valence electrons. The SMILES string of the molecule is CC(C)CNC(=O)C1(CCO)CCN(Cc2ccccc2)C1. The van der Waals surface area contributed by atoms with Gasteiger partial charge >= 0.3 is 0 Å². The Morgan fingerprint density at radius 2 is 2.09 bits per heavy atom. The van der Waals surface area contributed by atoms with Crippen molar-refractivity contribution in [3.63, 3.8) is 0 Å². The van der Waals surface area contributed by atoms with Gasteiger partial charge in [0.05, 0.1) is 5.41 Å². The number of carbonyl (C=O) groups excluding carboxylic acids is 1. The Labute approximate surface area is 133 Å². The topological polar surface area (TPSA) is 52.6 Å². The smallest absolute Gasteiger partial charge is 0.227 e. The third-order valence-electron chi connectivity index (χ3n) is 4.42. The molecule has 0 aliphatic carbocycles. The number of nitrogens with zero attached hydrogens (tertiary/aromatic N) is 1. The van der Waals surface area contributed by atoms with Gasteiger partial charge in [0.2, 0.25) is 5.91 Å². The summed E-state index contributed by atoms with van der Waals surface area (Å²) in [4.78, 5) is 14.9. The van der Waals surface area contributed by atoms with Crippen LogP contribution in [-0.4, -0.2) is 42.2 Å². The monoisotopic (exact) mass is 304 g/mol. The summed E-state index contributed by atoms with van der Waals surface area (Å²) in [5.41, 5.74) is 0.836. The van der Waals surface area contributed by atoms with E-state index in [0.717, 1.165) is 26.1 Å². The number of nitrogens with one attached hydrogen (secondary N) is 1. The van der Waals surface area contributed by atoms with Gasteiger partial charge in [0.15, 0.2) is 0 Å². The first kappa shape index (κ1) is 17.0. The van der Waals surface area contributed by atoms with Gasteiger partial charge in [-0.05, 0) is 30.9 Å². The second-order valence-electron chi connectivity index (χ2n) is 6.80. The zero-order valence-corrected chi connectivity index (χ0v) is 13.7. The van der Waals surface area contributed by atoms with E-state index in [9.17, 15) is 9.90 Å². The van der Waals surface area contributed by atoms with Crippen LogP contribution in [0.15, 0.2) is 30.3 Å². The molecule has 0 spiro atoms. The fourth-order valence-corrected chi connectivity index (χ4v) is 3.14. The summed E-state index contributed by atoms with van der Waals surface area (Å²) in [5.74, 6) is 0.544. The summed E-state index contributed by atoms with van der Waals surface area (Å²) in [6, 6.07) is 10.3. The van der Waals surface area contributed by atoms with Crippen molar-refractivity contribution in [1.29, 1.82) is 0 Å². The molecule has 1 heterocycles. The molecule has 0 bridgehead atoms. The van der Waals surface area contributed by atoms with Crippen LogP contribution in [0.25, 0.3) is 0 Å². The molecular formula is C18H28N2O2. The van der Waals surface area contributed by atoms with Gasteiger partial charge in [-0.3, -0.25) is 9.69 Å². The van der Waals surface area contributed by atoms with Crippen molar-refractivity contribution in [3.05, 3.63) is 35.9 Å². The molecule has 1 atom stereocenters. The molecule has 1 saturated heterocycles. The van der Waals surface area contributed by atoms with Crippen LogP contribution in [0.5, 0.6) is 0 Å². The normalized spacial score (nSPS) is 22.2. The molecule has 0 radical (unpaired) electrons. The minimum absolute atomic E-state index is 0.0638. The number of hydrogen-bond acceptors (Lipinski definition) is 3. The van der Waals surface area contributed by atoms with Crippen LogP contribution >= 0.6 is 0 Å². The quantitative estimate of drug-likeness (QED) is 0.810. The van der Waals surface area contributed by atoms with E-state index in [1.807, 2.05) is 18.2 Å². The lowest BCUT2D eigenvalue weighted by Gasteiger charge is -2.28. The van der Waals surface area contributed by atoms with E-state index in [1.54, 1.807) is 0 Å². The minimum atomic E-state index is -0.432. The van der Waals surface area contributed by atoms with Gasteiger partial charge in [-0.2, -0.15) is 0 Å². The fourth-order valence-electron chi connectivity index (χ4n) is 3.14. The Balaban J connectivity index is 1.99. The Morgan fingerprint density at radius 1 is 1.36 bits per heavy atom. The lowest BCUT2D eigenvalue weighted by molar-refractivity contribution is -0.131. The molecular weight excluding hydrogens is 276 g/mol. The zero-order chi connectivity index (χ0) is 16.0. The first-order valence-electron chi connectivity index (χ1n) is 8.21. The summed E-state index contributed by atoms with van der Waals surface area (Å²) in [5, 5.41) is 12.5. The Morgan fingerprint density at radius 3 is 2.73 bits per heavy atom. The second kappa shape index (κ2) is 7.75. The van der Waals surface area contributed by atoms with E-state index in [1.165, 1.54) is 5.56 Å². The van der Waals surface area contributed by atoms with Crippen molar-refractivity contribution in [3.8, 4) is 0 Å². The molecule has 1 aromatic rings. The number of rotatable bonds is 7. The highest BCUT2D eigenvalue weighted by Crippen LogP contribution is 2.35. The number of carbonyl (C=O) groups is 1. The molecule has 1 fully saturated rings. The summed E-state index contributed by atoms with van der Waals surface area (Å²) in [6.45, 7) is 7.45. The van der Waals surface area contributed by atoms with Gasteiger partial charge < -0.3 is 10.4 Å². The maximum atomic E-state index is 12.6. The molecule has 2 N–H and O–H groups in total. The Hall–Kier alpha value is -1.39. The van der Waals surface area contributed by atoms with Crippen LogP contribution in [0.2, 0.25) is 0 Å². The van der Waals surface area contributed by atoms with Crippen LogP contribution in [0.4, 0.5) is 0 Å². The second-order valence-corrected chi connectivity index (χ2v) is 6.80. The molecule has 1 amide bonds. The van der Waals surface area contributed by atoms with Gasteiger partial charge in [0.25, 0.3) is 0 Å². The first-order chi connectivity index (χ1) is 10.6. The average Bonchev–Trinajstić information content (AvgIpc) is 2.90. The van der Waals surface area contributed by atoms with Crippen LogP contribution in [-0.2, 0) is 11.3 Å².